The highest BCUT2D eigenvalue weighted by molar-refractivity contribution is 5.39. The zero-order valence-electron chi connectivity index (χ0n) is 9.05. The molecule has 4 nitrogen and oxygen atoms in total. The normalized spacial score (nSPS) is 10.3. The molecular weight excluding hydrogens is 202 g/mol. The van der Waals surface area contributed by atoms with Crippen LogP contribution in [0.3, 0.4) is 0 Å². The van der Waals surface area contributed by atoms with Gasteiger partial charge in [0.25, 0.3) is 0 Å². The number of nitrogens with zero attached hydrogens (tertiary/aromatic N) is 2. The van der Waals surface area contributed by atoms with E-state index in [0.717, 1.165) is 16.8 Å². The molecule has 2 rings (SSSR count). The van der Waals surface area contributed by atoms with E-state index < -0.39 is 0 Å². The minimum Gasteiger partial charge on any atom is -0.399 e. The molecule has 1 aromatic heterocycles. The van der Waals surface area contributed by atoms with E-state index in [0.29, 0.717) is 6.54 Å². The van der Waals surface area contributed by atoms with Crippen LogP contribution in [0.5, 0.6) is 0 Å². The smallest absolute Gasteiger partial charge is 0.347 e. The van der Waals surface area contributed by atoms with Crippen molar-refractivity contribution >= 4 is 5.69 Å². The highest BCUT2D eigenvalue weighted by atomic mass is 16.1. The van der Waals surface area contributed by atoms with Gasteiger partial charge in [0.05, 0.1) is 6.54 Å². The van der Waals surface area contributed by atoms with Gasteiger partial charge in [-0.25, -0.2) is 9.78 Å². The molecule has 0 saturated carbocycles. The summed E-state index contributed by atoms with van der Waals surface area (Å²) in [5, 5.41) is 0. The molecule has 0 amide bonds. The Bertz CT molecular complexity index is 543. The van der Waals surface area contributed by atoms with Crippen molar-refractivity contribution < 1.29 is 0 Å². The monoisotopic (exact) mass is 215 g/mol. The number of hydrogen-bond acceptors (Lipinski definition) is 3. The van der Waals surface area contributed by atoms with Crippen molar-refractivity contribution in [3.63, 3.8) is 0 Å². The van der Waals surface area contributed by atoms with Gasteiger partial charge in [-0.15, -0.1) is 0 Å². The van der Waals surface area contributed by atoms with Crippen LogP contribution in [-0.4, -0.2) is 9.55 Å². The predicted molar refractivity (Wildman–Crippen MR) is 63.2 cm³/mol. The van der Waals surface area contributed by atoms with Gasteiger partial charge in [-0.05, 0) is 30.2 Å². The second-order valence-electron chi connectivity index (χ2n) is 3.78. The van der Waals surface area contributed by atoms with Gasteiger partial charge in [-0.1, -0.05) is 12.1 Å². The van der Waals surface area contributed by atoms with E-state index in [9.17, 15) is 4.79 Å². The summed E-state index contributed by atoms with van der Waals surface area (Å²) in [5.74, 6) is 0. The van der Waals surface area contributed by atoms with Crippen LogP contribution >= 0.6 is 0 Å². The van der Waals surface area contributed by atoms with E-state index in [2.05, 4.69) is 4.98 Å². The van der Waals surface area contributed by atoms with Gasteiger partial charge in [-0.3, -0.25) is 4.57 Å². The molecule has 4 heteroatoms. The third-order valence-corrected chi connectivity index (χ3v) is 2.32. The van der Waals surface area contributed by atoms with Crippen molar-refractivity contribution in [1.82, 2.24) is 9.55 Å². The lowest BCUT2D eigenvalue weighted by molar-refractivity contribution is 0.721. The van der Waals surface area contributed by atoms with Crippen molar-refractivity contribution in [1.29, 1.82) is 0 Å². The van der Waals surface area contributed by atoms with Gasteiger partial charge in [0, 0.05) is 18.1 Å². The molecule has 0 bridgehead atoms. The third-order valence-electron chi connectivity index (χ3n) is 2.32. The van der Waals surface area contributed by atoms with E-state index in [1.165, 1.54) is 0 Å². The van der Waals surface area contributed by atoms with E-state index in [1.807, 2.05) is 31.2 Å². The number of anilines is 1. The first-order chi connectivity index (χ1) is 7.65. The first kappa shape index (κ1) is 10.4. The molecule has 0 radical (unpaired) electrons. The van der Waals surface area contributed by atoms with Crippen molar-refractivity contribution in [2.45, 2.75) is 13.5 Å². The van der Waals surface area contributed by atoms with Gasteiger partial charge in [0.1, 0.15) is 0 Å². The van der Waals surface area contributed by atoms with Crippen LogP contribution in [0.4, 0.5) is 5.69 Å². The lowest BCUT2D eigenvalue weighted by atomic mass is 10.2. The van der Waals surface area contributed by atoms with Gasteiger partial charge < -0.3 is 5.73 Å². The summed E-state index contributed by atoms with van der Waals surface area (Å²) >= 11 is 0. The molecule has 2 aromatic rings. The largest absolute Gasteiger partial charge is 0.399 e. The summed E-state index contributed by atoms with van der Waals surface area (Å²) < 4.78 is 1.58. The number of aromatic nitrogens is 2. The lowest BCUT2D eigenvalue weighted by Crippen LogP contribution is -2.22. The van der Waals surface area contributed by atoms with Gasteiger partial charge in [0.15, 0.2) is 0 Å². The number of hydrogen-bond donors (Lipinski definition) is 1. The summed E-state index contributed by atoms with van der Waals surface area (Å²) in [7, 11) is 0. The first-order valence-corrected chi connectivity index (χ1v) is 5.02. The zero-order chi connectivity index (χ0) is 11.5. The number of rotatable bonds is 2. The molecule has 0 aliphatic rings. The second kappa shape index (κ2) is 4.18. The topological polar surface area (TPSA) is 60.9 Å². The van der Waals surface area contributed by atoms with Crippen LogP contribution in [0.25, 0.3) is 0 Å². The Balaban J connectivity index is 2.30. The minimum absolute atomic E-state index is 0.234. The maximum Gasteiger partial charge on any atom is 0.347 e. The molecule has 1 aromatic carbocycles. The third kappa shape index (κ3) is 2.28. The maximum absolute atomic E-state index is 11.5. The molecule has 0 aliphatic carbocycles. The second-order valence-corrected chi connectivity index (χ2v) is 3.78. The summed E-state index contributed by atoms with van der Waals surface area (Å²) in [5.41, 5.74) is 8.08. The van der Waals surface area contributed by atoms with Crippen molar-refractivity contribution in [2.24, 2.45) is 0 Å². The molecule has 0 aliphatic heterocycles. The summed E-state index contributed by atoms with van der Waals surface area (Å²) in [6, 6.07) is 7.46. The Kier molecular flexibility index (Phi) is 2.72. The van der Waals surface area contributed by atoms with E-state index in [4.69, 9.17) is 5.73 Å². The van der Waals surface area contributed by atoms with Crippen LogP contribution in [0.1, 0.15) is 11.1 Å². The quantitative estimate of drug-likeness (QED) is 0.765. The van der Waals surface area contributed by atoms with E-state index >= 15 is 0 Å². The summed E-state index contributed by atoms with van der Waals surface area (Å²) in [6.07, 6.45) is 3.37. The van der Waals surface area contributed by atoms with Crippen LogP contribution in [0.2, 0.25) is 0 Å². The number of aryl methyl sites for hydroxylation is 1. The highest BCUT2D eigenvalue weighted by Gasteiger charge is 1.99. The molecule has 1 heterocycles. The Morgan fingerprint density at radius 1 is 1.31 bits per heavy atom. The fraction of sp³-hybridized carbons (Fsp3) is 0.167. The number of nitrogen functional groups attached to an aromatic ring is 1. The fourth-order valence-corrected chi connectivity index (χ4v) is 1.50. The van der Waals surface area contributed by atoms with Crippen molar-refractivity contribution in [2.75, 3.05) is 5.73 Å². The van der Waals surface area contributed by atoms with Gasteiger partial charge >= 0.3 is 5.69 Å². The molecule has 0 atom stereocenters. The summed E-state index contributed by atoms with van der Waals surface area (Å²) in [4.78, 5) is 15.2. The van der Waals surface area contributed by atoms with E-state index in [-0.39, 0.29) is 5.69 Å². The van der Waals surface area contributed by atoms with Gasteiger partial charge in [0.2, 0.25) is 0 Å². The van der Waals surface area contributed by atoms with Crippen LogP contribution in [0, 0.1) is 6.92 Å². The average Bonchev–Trinajstić information content (AvgIpc) is 2.27. The molecule has 0 fully saturated rings. The van der Waals surface area contributed by atoms with Gasteiger partial charge in [-0.2, -0.15) is 0 Å². The SMILES string of the molecule is Cc1cnc(=O)n(Cc2ccc(N)cc2)c1. The Morgan fingerprint density at radius 3 is 2.69 bits per heavy atom. The van der Waals surface area contributed by atoms with Crippen molar-refractivity contribution in [3.8, 4) is 0 Å². The molecule has 0 saturated heterocycles. The maximum atomic E-state index is 11.5. The number of benzene rings is 1. The minimum atomic E-state index is -0.234. The predicted octanol–water partition coefficient (Wildman–Crippen LogP) is 1.18. The fourth-order valence-electron chi connectivity index (χ4n) is 1.50. The zero-order valence-corrected chi connectivity index (χ0v) is 9.05. The Hall–Kier alpha value is -2.10. The van der Waals surface area contributed by atoms with E-state index in [1.54, 1.807) is 17.0 Å². The molecule has 0 spiro atoms. The first-order valence-electron chi connectivity index (χ1n) is 5.02. The number of nitrogens with two attached hydrogens (primary N) is 1. The Labute approximate surface area is 93.4 Å². The highest BCUT2D eigenvalue weighted by Crippen LogP contribution is 2.06. The van der Waals surface area contributed by atoms with Crippen LogP contribution in [0.15, 0.2) is 41.5 Å². The Morgan fingerprint density at radius 2 is 2.00 bits per heavy atom. The molecular formula is C12H13N3O. The van der Waals surface area contributed by atoms with Crippen molar-refractivity contribution in [3.05, 3.63) is 58.3 Å². The molecule has 16 heavy (non-hydrogen) atoms. The average molecular weight is 215 g/mol. The summed E-state index contributed by atoms with van der Waals surface area (Å²) in [6.45, 7) is 2.43. The van der Waals surface area contributed by atoms with Crippen LogP contribution in [-0.2, 0) is 6.54 Å². The molecule has 0 unspecified atom stereocenters. The molecule has 2 N–H and O–H groups in total. The van der Waals surface area contributed by atoms with Crippen LogP contribution < -0.4 is 11.4 Å². The molecule has 82 valence electrons. The standard InChI is InChI=1S/C12H13N3O/c1-9-6-14-12(16)15(7-9)8-10-2-4-11(13)5-3-10/h2-7H,8,13H2,1H3. The lowest BCUT2D eigenvalue weighted by Gasteiger charge is -2.05.